The molecule has 0 saturated carbocycles. The van der Waals surface area contributed by atoms with E-state index < -0.39 is 12.0 Å². The van der Waals surface area contributed by atoms with Crippen LogP contribution in [0.15, 0.2) is 0 Å². The number of ether oxygens (including phenoxy) is 1. The van der Waals surface area contributed by atoms with Gasteiger partial charge in [-0.15, -0.1) is 0 Å². The van der Waals surface area contributed by atoms with Gasteiger partial charge in [-0.3, -0.25) is 0 Å². The van der Waals surface area contributed by atoms with Gasteiger partial charge < -0.3 is 0 Å². The first kappa shape index (κ1) is 10.4. The van der Waals surface area contributed by atoms with Crippen LogP contribution in [-0.2, 0) is 14.1 Å². The van der Waals surface area contributed by atoms with Crippen LogP contribution in [0.4, 0.5) is 0 Å². The summed E-state index contributed by atoms with van der Waals surface area (Å²) in [5, 5.41) is 0. The molecule has 0 aliphatic carbocycles. The van der Waals surface area contributed by atoms with E-state index in [1.54, 1.807) is 13.8 Å². The maximum absolute atomic E-state index is 10.8. The number of esters is 1. The van der Waals surface area contributed by atoms with Crippen molar-refractivity contribution in [3.63, 3.8) is 0 Å². The summed E-state index contributed by atoms with van der Waals surface area (Å²) in [7, 11) is -0.380. The van der Waals surface area contributed by atoms with E-state index in [1.807, 2.05) is 0 Å². The van der Waals surface area contributed by atoms with Crippen LogP contribution in [-0.4, -0.2) is 18.1 Å². The van der Waals surface area contributed by atoms with Crippen molar-refractivity contribution in [3.05, 3.63) is 0 Å². The zero-order valence-electron chi connectivity index (χ0n) is 6.40. The zero-order chi connectivity index (χ0) is 8.85. The number of hydrogen-bond acceptors (Lipinski definition) is 4. The van der Waals surface area contributed by atoms with Gasteiger partial charge in [-0.2, -0.15) is 0 Å². The zero-order valence-corrected chi connectivity index (χ0v) is 7.30. The number of hydrogen-bond donors (Lipinski definition) is 1. The fraction of sp³-hybridized carbons (Fsp3) is 0.667. The van der Waals surface area contributed by atoms with Gasteiger partial charge >= 0.3 is 65.3 Å². The molecule has 0 aromatic carbocycles. The van der Waals surface area contributed by atoms with Crippen LogP contribution in [0.2, 0.25) is 0 Å². The first-order valence-electron chi connectivity index (χ1n) is 3.12. The molecule has 1 atom stereocenters. The Kier molecular flexibility index (Phi) is 4.88. The van der Waals surface area contributed by atoms with E-state index in [9.17, 15) is 9.36 Å². The Morgan fingerprint density at radius 3 is 2.55 bits per heavy atom. The molecule has 1 unspecified atom stereocenters. The molecule has 11 heavy (non-hydrogen) atoms. The Morgan fingerprint density at radius 1 is 1.64 bits per heavy atom. The summed E-state index contributed by atoms with van der Waals surface area (Å²) < 4.78 is 14.6. The van der Waals surface area contributed by atoms with Crippen molar-refractivity contribution in [2.45, 2.75) is 26.0 Å². The van der Waals surface area contributed by atoms with Crippen molar-refractivity contribution >= 4 is 13.9 Å². The molecule has 0 aromatic rings. The second-order valence-electron chi connectivity index (χ2n) is 2.18. The summed E-state index contributed by atoms with van der Waals surface area (Å²) in [5.41, 5.74) is 7.35. The number of nitrogens with two attached hydrogens (primary N) is 1. The average molecular weight is 175 g/mol. The molecule has 0 fully saturated rings. The quantitative estimate of drug-likeness (QED) is 0.490. The van der Waals surface area contributed by atoms with Crippen LogP contribution in [0.25, 0.3) is 0 Å². The molecule has 0 spiro atoms. The second-order valence-corrected chi connectivity index (χ2v) is 2.62. The Morgan fingerprint density at radius 2 is 2.18 bits per heavy atom. The predicted octanol–water partition coefficient (Wildman–Crippen LogP) is 0.516. The second kappa shape index (κ2) is 5.14. The molecule has 0 heterocycles. The van der Waals surface area contributed by atoms with Crippen LogP contribution in [0.3, 0.4) is 0 Å². The summed E-state index contributed by atoms with van der Waals surface area (Å²) >= 11 is 0. The van der Waals surface area contributed by atoms with Gasteiger partial charge in [-0.1, -0.05) is 0 Å². The third kappa shape index (κ3) is 4.79. The third-order valence-corrected chi connectivity index (χ3v) is 1.18. The van der Waals surface area contributed by atoms with Crippen molar-refractivity contribution in [2.75, 3.05) is 0 Å². The van der Waals surface area contributed by atoms with Crippen LogP contribution in [0, 0.1) is 5.63 Å². The fourth-order valence-corrected chi connectivity index (χ4v) is 0.634. The van der Waals surface area contributed by atoms with Crippen molar-refractivity contribution in [1.29, 1.82) is 0 Å². The van der Waals surface area contributed by atoms with E-state index >= 15 is 0 Å². The fourth-order valence-electron chi connectivity index (χ4n) is 0.415. The Bertz CT molecular complexity index is 231. The van der Waals surface area contributed by atoms with Gasteiger partial charge in [-0.25, -0.2) is 0 Å². The summed E-state index contributed by atoms with van der Waals surface area (Å²) in [4.78, 5) is 10.8. The molecule has 0 aliphatic heterocycles. The van der Waals surface area contributed by atoms with Crippen LogP contribution in [0.5, 0.6) is 0 Å². The van der Waals surface area contributed by atoms with Gasteiger partial charge in [0.1, 0.15) is 0 Å². The molecule has 62 valence electrons. The topological polar surface area (TPSA) is 69.4 Å². The average Bonchev–Trinajstić information content (AvgIpc) is 1.86. The van der Waals surface area contributed by atoms with Crippen LogP contribution >= 0.6 is 7.92 Å². The molecule has 4 nitrogen and oxygen atoms in total. The number of carbonyl (C=O) groups is 1. The Labute approximate surface area is 66.2 Å². The third-order valence-electron chi connectivity index (χ3n) is 0.798. The molecule has 0 radical (unpaired) electrons. The molecule has 2 N–H and O–H groups in total. The van der Waals surface area contributed by atoms with Gasteiger partial charge in [-0.05, 0) is 0 Å². The first-order chi connectivity index (χ1) is 5.07. The number of carbonyl (C=O) groups excluding carboxylic acids is 1. The van der Waals surface area contributed by atoms with Crippen molar-refractivity contribution < 1.29 is 14.1 Å². The first-order valence-corrected chi connectivity index (χ1v) is 3.93. The standard InChI is InChI=1S/C6H10NO3P/c1-4(2)10-6(8)5(7)3-11-9/h4-5H,7H2,1-2H3. The van der Waals surface area contributed by atoms with E-state index in [2.05, 4.69) is 5.63 Å². The monoisotopic (exact) mass is 175 g/mol. The van der Waals surface area contributed by atoms with E-state index in [1.165, 1.54) is 0 Å². The summed E-state index contributed by atoms with van der Waals surface area (Å²) in [6.45, 7) is 3.42. The molecular weight excluding hydrogens is 165 g/mol. The van der Waals surface area contributed by atoms with Crippen molar-refractivity contribution in [2.24, 2.45) is 5.73 Å². The van der Waals surface area contributed by atoms with Crippen LogP contribution < -0.4 is 5.73 Å². The van der Waals surface area contributed by atoms with E-state index in [-0.39, 0.29) is 14.0 Å². The van der Waals surface area contributed by atoms with Gasteiger partial charge in [0.25, 0.3) is 0 Å². The molecule has 0 bridgehead atoms. The van der Waals surface area contributed by atoms with E-state index in [4.69, 9.17) is 10.5 Å². The summed E-state index contributed by atoms with van der Waals surface area (Å²) in [6, 6.07) is -1.02. The predicted molar refractivity (Wildman–Crippen MR) is 40.7 cm³/mol. The Hall–Kier alpha value is -0.560. The van der Waals surface area contributed by atoms with E-state index in [0.717, 1.165) is 0 Å². The normalized spacial score (nSPS) is 12.0. The SMILES string of the molecule is CC(C)OC(=O)C(N)C#P=O. The number of rotatable bonds is 2. The molecule has 0 rings (SSSR count). The minimum absolute atomic E-state index is 0.210. The Balaban J connectivity index is 4.00. The molecule has 5 heteroatoms. The van der Waals surface area contributed by atoms with Crippen molar-refractivity contribution in [1.82, 2.24) is 0 Å². The summed E-state index contributed by atoms with van der Waals surface area (Å²) in [6.07, 6.45) is -0.210. The molecule has 0 saturated heterocycles. The van der Waals surface area contributed by atoms with Gasteiger partial charge in [0.2, 0.25) is 0 Å². The van der Waals surface area contributed by atoms with Gasteiger partial charge in [0.05, 0.1) is 0 Å². The minimum atomic E-state index is -1.02. The summed E-state index contributed by atoms with van der Waals surface area (Å²) in [5.74, 6) is -0.608. The molecule has 0 amide bonds. The van der Waals surface area contributed by atoms with Crippen LogP contribution in [0.1, 0.15) is 13.8 Å². The molecular formula is C6H10NO3P. The van der Waals surface area contributed by atoms with E-state index in [0.29, 0.717) is 0 Å². The maximum atomic E-state index is 10.8. The molecule has 0 aliphatic rings. The van der Waals surface area contributed by atoms with Crippen molar-refractivity contribution in [3.8, 4) is 5.63 Å². The van der Waals surface area contributed by atoms with Gasteiger partial charge in [0.15, 0.2) is 0 Å². The molecule has 0 aromatic heterocycles. The van der Waals surface area contributed by atoms with Gasteiger partial charge in [0, 0.05) is 0 Å².